The fourth-order valence-electron chi connectivity index (χ4n) is 4.55. The first-order valence-corrected chi connectivity index (χ1v) is 14.1. The van der Waals surface area contributed by atoms with Gasteiger partial charge in [0.05, 0.1) is 11.9 Å². The topological polar surface area (TPSA) is 86.8 Å². The average Bonchev–Trinajstić information content (AvgIpc) is 3.33. The van der Waals surface area contributed by atoms with Crippen LogP contribution in [0.15, 0.2) is 54.6 Å². The van der Waals surface area contributed by atoms with Crippen LogP contribution in [0, 0.1) is 0 Å². The zero-order chi connectivity index (χ0) is 25.6. The number of sulfonamides is 1. The molecule has 0 aromatic heterocycles. The number of rotatable bonds is 10. The number of carbonyl (C=O) groups excluding carboxylic acids is 2. The number of hydrogen-bond acceptors (Lipinski definition) is 4. The second kappa shape index (κ2) is 11.7. The van der Waals surface area contributed by atoms with Gasteiger partial charge in [0, 0.05) is 12.6 Å². The molecule has 0 radical (unpaired) electrons. The van der Waals surface area contributed by atoms with Gasteiger partial charge in [-0.25, -0.2) is 8.42 Å². The monoisotopic (exact) mass is 499 g/mol. The van der Waals surface area contributed by atoms with Crippen LogP contribution in [0.4, 0.5) is 5.69 Å². The minimum absolute atomic E-state index is 0.0714. The number of para-hydroxylation sites is 1. The SMILES string of the molecule is CC(C)c1ccccc1N(CC(=O)N(Cc1ccccc1)C(C)C(=O)NC1CCCC1)S(C)(=O)=O. The average molecular weight is 500 g/mol. The maximum Gasteiger partial charge on any atom is 0.244 e. The van der Waals surface area contributed by atoms with Gasteiger partial charge in [0.25, 0.3) is 0 Å². The van der Waals surface area contributed by atoms with Crippen molar-refractivity contribution < 1.29 is 18.0 Å². The zero-order valence-electron chi connectivity index (χ0n) is 21.1. The van der Waals surface area contributed by atoms with Crippen molar-refractivity contribution in [3.05, 3.63) is 65.7 Å². The molecule has 1 N–H and O–H groups in total. The Morgan fingerprint density at radius 1 is 0.971 bits per heavy atom. The molecular formula is C27H37N3O4S. The Morgan fingerprint density at radius 3 is 2.17 bits per heavy atom. The molecule has 1 atom stereocenters. The molecule has 0 aliphatic heterocycles. The van der Waals surface area contributed by atoms with E-state index in [2.05, 4.69) is 5.32 Å². The molecule has 0 heterocycles. The minimum Gasteiger partial charge on any atom is -0.352 e. The molecule has 0 spiro atoms. The normalized spacial score (nSPS) is 15.1. The van der Waals surface area contributed by atoms with Crippen molar-refractivity contribution in [2.75, 3.05) is 17.1 Å². The highest BCUT2D eigenvalue weighted by atomic mass is 32.2. The smallest absolute Gasteiger partial charge is 0.244 e. The standard InChI is InChI=1S/C27H37N3O4S/c1-20(2)24-16-10-11-17-25(24)30(35(4,33)34)19-26(31)29(18-22-12-6-5-7-13-22)21(3)27(32)28-23-14-8-9-15-23/h5-7,10-13,16-17,20-21,23H,8-9,14-15,18-19H2,1-4H3,(H,28,32). The molecule has 35 heavy (non-hydrogen) atoms. The molecule has 1 fully saturated rings. The van der Waals surface area contributed by atoms with Gasteiger partial charge < -0.3 is 10.2 Å². The second-order valence-corrected chi connectivity index (χ2v) is 11.6. The van der Waals surface area contributed by atoms with Gasteiger partial charge in [0.15, 0.2) is 0 Å². The number of carbonyl (C=O) groups is 2. The van der Waals surface area contributed by atoms with Crippen LogP contribution in [0.5, 0.6) is 0 Å². The van der Waals surface area contributed by atoms with E-state index >= 15 is 0 Å². The van der Waals surface area contributed by atoms with Crippen molar-refractivity contribution >= 4 is 27.5 Å². The van der Waals surface area contributed by atoms with Gasteiger partial charge >= 0.3 is 0 Å². The summed E-state index contributed by atoms with van der Waals surface area (Å²) in [6, 6.07) is 16.0. The van der Waals surface area contributed by atoms with E-state index in [4.69, 9.17) is 0 Å². The van der Waals surface area contributed by atoms with Crippen LogP contribution in [0.25, 0.3) is 0 Å². The fraction of sp³-hybridized carbons (Fsp3) is 0.481. The maximum atomic E-state index is 13.7. The lowest BCUT2D eigenvalue weighted by molar-refractivity contribution is -0.139. The molecule has 8 heteroatoms. The van der Waals surface area contributed by atoms with Crippen molar-refractivity contribution in [3.63, 3.8) is 0 Å². The third-order valence-electron chi connectivity index (χ3n) is 6.57. The van der Waals surface area contributed by atoms with Crippen molar-refractivity contribution in [2.45, 2.75) is 71.0 Å². The third-order valence-corrected chi connectivity index (χ3v) is 7.70. The minimum atomic E-state index is -3.75. The van der Waals surface area contributed by atoms with Gasteiger partial charge in [-0.1, -0.05) is 75.2 Å². The Hall–Kier alpha value is -2.87. The Balaban J connectivity index is 1.90. The highest BCUT2D eigenvalue weighted by molar-refractivity contribution is 7.92. The Kier molecular flexibility index (Phi) is 8.94. The molecule has 1 unspecified atom stereocenters. The summed E-state index contributed by atoms with van der Waals surface area (Å²) in [5, 5.41) is 3.07. The summed E-state index contributed by atoms with van der Waals surface area (Å²) >= 11 is 0. The second-order valence-electron chi connectivity index (χ2n) is 9.66. The van der Waals surface area contributed by atoms with E-state index in [1.807, 2.05) is 56.3 Å². The molecule has 190 valence electrons. The Morgan fingerprint density at radius 2 is 1.57 bits per heavy atom. The van der Waals surface area contributed by atoms with E-state index in [1.54, 1.807) is 19.1 Å². The van der Waals surface area contributed by atoms with E-state index in [0.717, 1.165) is 47.4 Å². The predicted octanol–water partition coefficient (Wildman–Crippen LogP) is 4.05. The third kappa shape index (κ3) is 7.07. The van der Waals surface area contributed by atoms with E-state index in [1.165, 1.54) is 4.90 Å². The number of hydrogen-bond donors (Lipinski definition) is 1. The molecular weight excluding hydrogens is 462 g/mol. The predicted molar refractivity (Wildman–Crippen MR) is 140 cm³/mol. The number of nitrogens with one attached hydrogen (secondary N) is 1. The van der Waals surface area contributed by atoms with E-state index in [-0.39, 0.29) is 31.0 Å². The summed E-state index contributed by atoms with van der Waals surface area (Å²) in [5.41, 5.74) is 2.20. The summed E-state index contributed by atoms with van der Waals surface area (Å²) in [5.74, 6) is -0.566. The molecule has 0 bridgehead atoms. The zero-order valence-corrected chi connectivity index (χ0v) is 21.9. The molecule has 2 aromatic rings. The summed E-state index contributed by atoms with van der Waals surface area (Å²) in [6.07, 6.45) is 5.17. The maximum absolute atomic E-state index is 13.7. The molecule has 0 saturated heterocycles. The van der Waals surface area contributed by atoms with Gasteiger partial charge in [-0.3, -0.25) is 13.9 Å². The van der Waals surface area contributed by atoms with Gasteiger partial charge in [0.1, 0.15) is 12.6 Å². The van der Waals surface area contributed by atoms with E-state index in [9.17, 15) is 18.0 Å². The first kappa shape index (κ1) is 26.7. The molecule has 2 amide bonds. The lowest BCUT2D eigenvalue weighted by Gasteiger charge is -2.32. The largest absolute Gasteiger partial charge is 0.352 e. The number of benzene rings is 2. The van der Waals surface area contributed by atoms with Crippen LogP contribution in [0.1, 0.15) is 63.5 Å². The quantitative estimate of drug-likeness (QED) is 0.534. The van der Waals surface area contributed by atoms with Gasteiger partial charge in [-0.2, -0.15) is 0 Å². The van der Waals surface area contributed by atoms with Crippen LogP contribution in [0.2, 0.25) is 0 Å². The van der Waals surface area contributed by atoms with Crippen LogP contribution in [-0.4, -0.2) is 50.0 Å². The first-order chi connectivity index (χ1) is 16.6. The summed E-state index contributed by atoms with van der Waals surface area (Å²) in [6.45, 7) is 5.51. The van der Waals surface area contributed by atoms with Crippen LogP contribution >= 0.6 is 0 Å². The van der Waals surface area contributed by atoms with Crippen molar-refractivity contribution in [3.8, 4) is 0 Å². The molecule has 1 aliphatic rings. The van der Waals surface area contributed by atoms with Gasteiger partial charge in [-0.15, -0.1) is 0 Å². The van der Waals surface area contributed by atoms with Crippen LogP contribution < -0.4 is 9.62 Å². The van der Waals surface area contributed by atoms with E-state index in [0.29, 0.717) is 5.69 Å². The number of anilines is 1. The van der Waals surface area contributed by atoms with Crippen molar-refractivity contribution in [2.24, 2.45) is 0 Å². The first-order valence-electron chi connectivity index (χ1n) is 12.3. The highest BCUT2D eigenvalue weighted by Gasteiger charge is 2.32. The van der Waals surface area contributed by atoms with Crippen LogP contribution in [-0.2, 0) is 26.2 Å². The highest BCUT2D eigenvalue weighted by Crippen LogP contribution is 2.29. The van der Waals surface area contributed by atoms with E-state index < -0.39 is 22.0 Å². The Bertz CT molecular complexity index is 1110. The molecule has 1 aliphatic carbocycles. The lowest BCUT2D eigenvalue weighted by atomic mass is 10.0. The molecule has 2 aromatic carbocycles. The van der Waals surface area contributed by atoms with Gasteiger partial charge in [-0.05, 0) is 42.9 Å². The van der Waals surface area contributed by atoms with Crippen molar-refractivity contribution in [1.29, 1.82) is 0 Å². The van der Waals surface area contributed by atoms with Crippen molar-refractivity contribution in [1.82, 2.24) is 10.2 Å². The fourth-order valence-corrected chi connectivity index (χ4v) is 5.42. The lowest BCUT2D eigenvalue weighted by Crippen LogP contribution is -2.52. The summed E-state index contributed by atoms with van der Waals surface area (Å²) in [4.78, 5) is 28.3. The summed E-state index contributed by atoms with van der Waals surface area (Å²) in [7, 11) is -3.75. The number of nitrogens with zero attached hydrogens (tertiary/aromatic N) is 2. The molecule has 7 nitrogen and oxygen atoms in total. The summed E-state index contributed by atoms with van der Waals surface area (Å²) < 4.78 is 26.8. The van der Waals surface area contributed by atoms with Gasteiger partial charge in [0.2, 0.25) is 21.8 Å². The van der Waals surface area contributed by atoms with Crippen LogP contribution in [0.3, 0.4) is 0 Å². The molecule has 3 rings (SSSR count). The number of amides is 2. The molecule has 1 saturated carbocycles. The Labute approximate surface area is 209 Å².